The van der Waals surface area contributed by atoms with Crippen LogP contribution in [0.4, 0.5) is 0 Å². The van der Waals surface area contributed by atoms with Crippen LogP contribution in [0.2, 0.25) is 0 Å². The number of aliphatic hydroxyl groups is 2. The molecule has 0 aromatic heterocycles. The van der Waals surface area contributed by atoms with Gasteiger partial charge < -0.3 is 44.1 Å². The maximum Gasteiger partial charge on any atom is 0.149 e. The van der Waals surface area contributed by atoms with Gasteiger partial charge in [0.15, 0.2) is 0 Å². The summed E-state index contributed by atoms with van der Waals surface area (Å²) in [5.41, 5.74) is 0. The van der Waals surface area contributed by atoms with Crippen LogP contribution in [-0.4, -0.2) is 104 Å². The first-order valence-corrected chi connectivity index (χ1v) is 31.4. The van der Waals surface area contributed by atoms with E-state index in [0.29, 0.717) is 49.1 Å². The van der Waals surface area contributed by atoms with Crippen LogP contribution >= 0.6 is 0 Å². The first kappa shape index (κ1) is 91.9. The fourth-order valence-corrected chi connectivity index (χ4v) is 5.90. The lowest BCUT2D eigenvalue weighted by Crippen LogP contribution is -2.33. The molecule has 0 aliphatic rings. The molecule has 77 heavy (non-hydrogen) atoms. The minimum absolute atomic E-state index is 0.0922. The predicted molar refractivity (Wildman–Crippen MR) is 339 cm³/mol. The second-order valence-electron chi connectivity index (χ2n) is 24.1. The fourth-order valence-electron chi connectivity index (χ4n) is 5.90. The van der Waals surface area contributed by atoms with Crippen LogP contribution in [-0.2, 0) is 33.3 Å². The number of Topliss-reactive ketones (excluding diaryl/α,β-unsaturated/α-hetero) is 2. The number of carbonyl (C=O) groups is 3. The van der Waals surface area contributed by atoms with E-state index in [-0.39, 0.29) is 30.5 Å². The third-order valence-electron chi connectivity index (χ3n) is 11.8. The summed E-state index contributed by atoms with van der Waals surface area (Å²) in [7, 11) is 1.68. The zero-order valence-corrected chi connectivity index (χ0v) is 56.9. The summed E-state index contributed by atoms with van der Waals surface area (Å²) < 4.78 is 22.1. The molecule has 0 rings (SSSR count). The Labute approximate surface area is 483 Å². The SMILES string of the molecule is CC(=O)CCC(C)C.CC(C)CCC(C)O.CC(C)CCC(C)OCCC(C)O.CC=CCCC(C)C.CCC(=O)C(CC=O)NC.CCC(C)C.CCOC(C)CCC(C)C.CCOC(C)CCOC(C)CCC(C)C. The highest BCUT2D eigenvalue weighted by Gasteiger charge is 2.12. The van der Waals surface area contributed by atoms with Crippen molar-refractivity contribution < 1.29 is 43.5 Å². The van der Waals surface area contributed by atoms with E-state index < -0.39 is 0 Å². The Kier molecular flexibility index (Phi) is 84.3. The number of likely N-dealkylation sites (N-methyl/N-ethyl adjacent to an activating group) is 1. The molecule has 0 aliphatic heterocycles. The van der Waals surface area contributed by atoms with Gasteiger partial charge in [0.1, 0.15) is 17.9 Å². The van der Waals surface area contributed by atoms with Crippen molar-refractivity contribution in [3.05, 3.63) is 12.2 Å². The lowest BCUT2D eigenvalue weighted by Gasteiger charge is -2.16. The molecule has 0 heterocycles. The Morgan fingerprint density at radius 3 is 1.05 bits per heavy atom. The van der Waals surface area contributed by atoms with Crippen LogP contribution in [0, 0.1) is 41.4 Å². The number of ether oxygens (including phenoxy) is 4. The standard InChI is InChI=1S/C13H28O2.C11H24O2.C9H20O.C8H16.C7H13NO2.C7H16O.C7H14O.C5H12/c1-6-14-13(5)9-10-15-12(4)8-7-11(2)3;1-9(2)5-6-11(4)13-8-7-10(3)12;1-5-10-9(4)7-6-8(2)3;1-4-5-6-7-8(2)3;1-3-7(10)6(8-2)4-5-9;2*1-6(2)4-5-7(3)8;1-4-5(2)3/h11-13H,6-10H2,1-5H3;9-12H,5-8H2,1-4H3;8-9H,5-7H2,1-4H3;4-5,8H,6-7H2,1-3H3;5-6,8H,3-4H2,1-2H3;6-8H,4-5H2,1-3H3;6H,4-5H2,1-3H3;5H,4H2,1-3H3. The van der Waals surface area contributed by atoms with E-state index in [1.807, 2.05) is 20.8 Å². The molecule has 7 unspecified atom stereocenters. The Bertz CT molecular complexity index is 1140. The zero-order chi connectivity index (χ0) is 61.7. The molecular weight excluding hydrogens is 963 g/mol. The summed E-state index contributed by atoms with van der Waals surface area (Å²) in [6.07, 6.45) is 23.7. The molecule has 10 nitrogen and oxygen atoms in total. The molecule has 0 aromatic carbocycles. The van der Waals surface area contributed by atoms with Gasteiger partial charge in [0.2, 0.25) is 0 Å². The molecule has 0 radical (unpaired) electrons. The number of rotatable bonds is 36. The highest BCUT2D eigenvalue weighted by Crippen LogP contribution is 2.12. The minimum Gasteiger partial charge on any atom is -0.393 e. The Morgan fingerprint density at radius 1 is 0.468 bits per heavy atom. The smallest absolute Gasteiger partial charge is 0.149 e. The summed E-state index contributed by atoms with van der Waals surface area (Å²) in [6, 6.07) is -0.275. The van der Waals surface area contributed by atoms with E-state index in [4.69, 9.17) is 29.2 Å². The molecule has 0 bridgehead atoms. The molecular formula is C67H143NO9. The van der Waals surface area contributed by atoms with Gasteiger partial charge in [-0.2, -0.15) is 0 Å². The highest BCUT2D eigenvalue weighted by atomic mass is 16.5. The van der Waals surface area contributed by atoms with Gasteiger partial charge in [-0.05, 0) is 201 Å². The van der Waals surface area contributed by atoms with Crippen molar-refractivity contribution >= 4 is 17.9 Å². The maximum atomic E-state index is 10.9. The molecule has 3 N–H and O–H groups in total. The van der Waals surface area contributed by atoms with Crippen molar-refractivity contribution in [2.24, 2.45) is 41.4 Å². The van der Waals surface area contributed by atoms with E-state index in [2.05, 4.69) is 156 Å². The number of aliphatic hydroxyl groups excluding tert-OH is 2. The summed E-state index contributed by atoms with van der Waals surface area (Å²) in [5.74, 6) is 5.86. The first-order valence-electron chi connectivity index (χ1n) is 31.4. The number of hydrogen-bond donors (Lipinski definition) is 3. The molecule has 0 spiro atoms. The van der Waals surface area contributed by atoms with Gasteiger partial charge in [-0.15, -0.1) is 0 Å². The summed E-state index contributed by atoms with van der Waals surface area (Å²) in [5, 5.41) is 20.6. The average Bonchev–Trinajstić information content (AvgIpc) is 3.33. The molecule has 10 heteroatoms. The number of aldehydes is 1. The quantitative estimate of drug-likeness (QED) is 0.0410. The van der Waals surface area contributed by atoms with Crippen molar-refractivity contribution in [1.29, 1.82) is 0 Å². The molecule has 0 aromatic rings. The number of hydrogen-bond acceptors (Lipinski definition) is 10. The summed E-state index contributed by atoms with van der Waals surface area (Å²) >= 11 is 0. The first-order chi connectivity index (χ1) is 35.8. The molecule has 0 fully saturated rings. The van der Waals surface area contributed by atoms with Crippen LogP contribution in [0.1, 0.15) is 289 Å². The predicted octanol–water partition coefficient (Wildman–Crippen LogP) is 18.1. The highest BCUT2D eigenvalue weighted by molar-refractivity contribution is 5.85. The second kappa shape index (κ2) is 70.6. The van der Waals surface area contributed by atoms with Gasteiger partial charge in [0.25, 0.3) is 0 Å². The van der Waals surface area contributed by atoms with Gasteiger partial charge in [0.05, 0.1) is 42.7 Å². The number of ketones is 2. The van der Waals surface area contributed by atoms with Crippen molar-refractivity contribution in [1.82, 2.24) is 5.32 Å². The lowest BCUT2D eigenvalue weighted by molar-refractivity contribution is -0.122. The Balaban J connectivity index is -0.000000120. The van der Waals surface area contributed by atoms with Crippen LogP contribution in [0.3, 0.4) is 0 Å². The van der Waals surface area contributed by atoms with Crippen molar-refractivity contribution in [3.63, 3.8) is 0 Å². The second-order valence-corrected chi connectivity index (χ2v) is 24.1. The molecule has 0 amide bonds. The maximum absolute atomic E-state index is 10.9. The molecule has 470 valence electrons. The van der Waals surface area contributed by atoms with E-state index >= 15 is 0 Å². The average molecular weight is 1110 g/mol. The topological polar surface area (TPSA) is 141 Å². The Hall–Kier alpha value is -1.53. The molecule has 0 aliphatic carbocycles. The summed E-state index contributed by atoms with van der Waals surface area (Å²) in [4.78, 5) is 31.3. The zero-order valence-electron chi connectivity index (χ0n) is 56.9. The van der Waals surface area contributed by atoms with Gasteiger partial charge in [0, 0.05) is 45.7 Å². The van der Waals surface area contributed by atoms with E-state index in [0.717, 1.165) is 107 Å². The normalized spacial score (nSPS) is 13.6. The molecule has 7 atom stereocenters. The van der Waals surface area contributed by atoms with Gasteiger partial charge in [-0.1, -0.05) is 129 Å². The van der Waals surface area contributed by atoms with Crippen LogP contribution in [0.25, 0.3) is 0 Å². The third kappa shape index (κ3) is 111. The largest absolute Gasteiger partial charge is 0.393 e. The number of carbonyl (C=O) groups excluding carboxylic acids is 3. The molecule has 0 saturated carbocycles. The van der Waals surface area contributed by atoms with Crippen molar-refractivity contribution in [2.75, 3.05) is 33.5 Å². The van der Waals surface area contributed by atoms with E-state index in [1.165, 1.54) is 51.4 Å². The molecule has 0 saturated heterocycles. The van der Waals surface area contributed by atoms with Crippen LogP contribution in [0.15, 0.2) is 12.2 Å². The summed E-state index contributed by atoms with van der Waals surface area (Å²) in [6.45, 7) is 58.1. The monoisotopic (exact) mass is 1110 g/mol. The van der Waals surface area contributed by atoms with E-state index in [9.17, 15) is 14.4 Å². The number of nitrogens with one attached hydrogen (secondary N) is 1. The fraction of sp³-hybridized carbons (Fsp3) is 0.925. The van der Waals surface area contributed by atoms with Gasteiger partial charge in [-0.3, -0.25) is 4.79 Å². The third-order valence-corrected chi connectivity index (χ3v) is 11.8. The van der Waals surface area contributed by atoms with Crippen molar-refractivity contribution in [3.8, 4) is 0 Å². The Morgan fingerprint density at radius 2 is 0.805 bits per heavy atom. The van der Waals surface area contributed by atoms with Gasteiger partial charge in [-0.25, -0.2) is 0 Å². The number of allylic oxidation sites excluding steroid dienone is 2. The minimum atomic E-state index is -0.275. The van der Waals surface area contributed by atoms with E-state index in [1.54, 1.807) is 27.8 Å². The van der Waals surface area contributed by atoms with Gasteiger partial charge >= 0.3 is 0 Å². The van der Waals surface area contributed by atoms with Crippen molar-refractivity contribution in [2.45, 2.75) is 332 Å². The lowest BCUT2D eigenvalue weighted by atomic mass is 10.1. The van der Waals surface area contributed by atoms with Crippen LogP contribution in [0.5, 0.6) is 0 Å². The van der Waals surface area contributed by atoms with Crippen LogP contribution < -0.4 is 5.32 Å².